The van der Waals surface area contributed by atoms with E-state index in [2.05, 4.69) is 21.9 Å². The molecular weight excluding hydrogens is 286 g/mol. The first-order valence-electron chi connectivity index (χ1n) is 6.48. The molecule has 3 aromatic rings. The molecule has 0 amide bonds. The molecule has 6 heteroatoms. The number of H-pyrrole nitrogens is 1. The number of rotatable bonds is 1. The number of pyridine rings is 1. The number of thiophene rings is 1. The minimum absolute atomic E-state index is 0.0987. The number of aryl methyl sites for hydroxylation is 1. The summed E-state index contributed by atoms with van der Waals surface area (Å²) in [5.41, 5.74) is 2.52. The summed E-state index contributed by atoms with van der Waals surface area (Å²) in [4.78, 5) is 16.1. The summed E-state index contributed by atoms with van der Waals surface area (Å²) in [6.07, 6.45) is 1.75. The molecule has 0 aliphatic carbocycles. The van der Waals surface area contributed by atoms with Gasteiger partial charge in [0.2, 0.25) is 0 Å². The SMILES string of the molecule is Cn1nccc1-c1cc2c3c([nH]c(=O)c2s1)C#CCOC3. The Morgan fingerprint density at radius 3 is 3.24 bits per heavy atom. The fourth-order valence-electron chi connectivity index (χ4n) is 2.49. The van der Waals surface area contributed by atoms with Gasteiger partial charge in [0, 0.05) is 24.2 Å². The number of fused-ring (bicyclic) bond motifs is 3. The van der Waals surface area contributed by atoms with Crippen LogP contribution >= 0.6 is 11.3 Å². The fourth-order valence-corrected chi connectivity index (χ4v) is 3.63. The standard InChI is InChI=1S/C15H11N3O2S/c1-18-12(4-5-16-18)13-7-9-10-8-20-6-2-3-11(10)17-15(19)14(9)21-13/h4-5,7H,6,8H2,1H3,(H,17,19). The van der Waals surface area contributed by atoms with Crippen LogP contribution < -0.4 is 5.56 Å². The maximum atomic E-state index is 12.3. The predicted octanol–water partition coefficient (Wildman–Crippen LogP) is 1.87. The Bertz CT molecular complexity index is 968. The number of ether oxygens (including phenoxy) is 1. The van der Waals surface area contributed by atoms with E-state index in [1.54, 1.807) is 10.9 Å². The zero-order chi connectivity index (χ0) is 14.4. The van der Waals surface area contributed by atoms with E-state index in [0.717, 1.165) is 21.5 Å². The van der Waals surface area contributed by atoms with E-state index in [-0.39, 0.29) is 5.56 Å². The summed E-state index contributed by atoms with van der Waals surface area (Å²) in [6.45, 7) is 0.834. The van der Waals surface area contributed by atoms with Crippen molar-refractivity contribution in [1.29, 1.82) is 0 Å². The minimum Gasteiger partial charge on any atom is -0.364 e. The molecule has 5 nitrogen and oxygen atoms in total. The lowest BCUT2D eigenvalue weighted by molar-refractivity contribution is 0.155. The Kier molecular flexibility index (Phi) is 2.70. The molecule has 104 valence electrons. The predicted molar refractivity (Wildman–Crippen MR) is 81.2 cm³/mol. The first kappa shape index (κ1) is 12.4. The van der Waals surface area contributed by atoms with Gasteiger partial charge in [0.05, 0.1) is 22.9 Å². The third-order valence-electron chi connectivity index (χ3n) is 3.51. The number of nitrogens with zero attached hydrogens (tertiary/aromatic N) is 2. The first-order valence-corrected chi connectivity index (χ1v) is 7.29. The second kappa shape index (κ2) is 4.58. The largest absolute Gasteiger partial charge is 0.364 e. The highest BCUT2D eigenvalue weighted by Crippen LogP contribution is 2.34. The number of aromatic nitrogens is 3. The number of hydrogen-bond acceptors (Lipinski definition) is 4. The van der Waals surface area contributed by atoms with Crippen molar-refractivity contribution in [3.63, 3.8) is 0 Å². The molecule has 0 fully saturated rings. The van der Waals surface area contributed by atoms with Crippen LogP contribution in [0.5, 0.6) is 0 Å². The highest BCUT2D eigenvalue weighted by atomic mass is 32.1. The summed E-state index contributed by atoms with van der Waals surface area (Å²) in [6, 6.07) is 3.97. The Hall–Kier alpha value is -2.36. The smallest absolute Gasteiger partial charge is 0.266 e. The van der Waals surface area contributed by atoms with Crippen LogP contribution in [0.4, 0.5) is 0 Å². The Balaban J connectivity index is 2.03. The van der Waals surface area contributed by atoms with E-state index in [0.29, 0.717) is 23.6 Å². The van der Waals surface area contributed by atoms with Gasteiger partial charge in [0.15, 0.2) is 0 Å². The summed E-state index contributed by atoms with van der Waals surface area (Å²) in [7, 11) is 1.89. The second-order valence-corrected chi connectivity index (χ2v) is 5.85. The van der Waals surface area contributed by atoms with E-state index in [4.69, 9.17) is 4.74 Å². The molecular formula is C15H11N3O2S. The number of nitrogens with one attached hydrogen (secondary N) is 1. The lowest BCUT2D eigenvalue weighted by Crippen LogP contribution is -2.09. The van der Waals surface area contributed by atoms with Crippen molar-refractivity contribution in [2.75, 3.05) is 6.61 Å². The average Bonchev–Trinajstić information content (AvgIpc) is 3.01. The van der Waals surface area contributed by atoms with Crippen LogP contribution in [-0.4, -0.2) is 21.4 Å². The zero-order valence-corrected chi connectivity index (χ0v) is 12.1. The van der Waals surface area contributed by atoms with Gasteiger partial charge >= 0.3 is 0 Å². The summed E-state index contributed by atoms with van der Waals surface area (Å²) in [5.74, 6) is 5.86. The molecule has 21 heavy (non-hydrogen) atoms. The van der Waals surface area contributed by atoms with Crippen molar-refractivity contribution < 1.29 is 4.74 Å². The lowest BCUT2D eigenvalue weighted by atomic mass is 10.1. The van der Waals surface area contributed by atoms with Crippen LogP contribution in [0.1, 0.15) is 11.3 Å². The molecule has 0 aromatic carbocycles. The molecule has 1 aliphatic rings. The number of hydrogen-bond donors (Lipinski definition) is 1. The van der Waals surface area contributed by atoms with Crippen molar-refractivity contribution in [2.45, 2.75) is 6.61 Å². The van der Waals surface area contributed by atoms with Crippen molar-refractivity contribution >= 4 is 21.4 Å². The van der Waals surface area contributed by atoms with E-state index < -0.39 is 0 Å². The van der Waals surface area contributed by atoms with E-state index in [1.807, 2.05) is 19.2 Å². The summed E-state index contributed by atoms with van der Waals surface area (Å²) < 4.78 is 7.99. The molecule has 0 saturated carbocycles. The quantitative estimate of drug-likeness (QED) is 0.698. The molecule has 0 bridgehead atoms. The number of aromatic amines is 1. The van der Waals surface area contributed by atoms with Gasteiger partial charge in [-0.3, -0.25) is 9.48 Å². The fraction of sp³-hybridized carbons (Fsp3) is 0.200. The van der Waals surface area contributed by atoms with E-state index >= 15 is 0 Å². The van der Waals surface area contributed by atoms with Gasteiger partial charge in [-0.05, 0) is 18.1 Å². The van der Waals surface area contributed by atoms with Crippen LogP contribution in [0.3, 0.4) is 0 Å². The molecule has 1 N–H and O–H groups in total. The highest BCUT2D eigenvalue weighted by Gasteiger charge is 2.17. The third kappa shape index (κ3) is 1.90. The summed E-state index contributed by atoms with van der Waals surface area (Å²) in [5, 5.41) is 5.10. The van der Waals surface area contributed by atoms with Crippen LogP contribution in [0.15, 0.2) is 23.1 Å². The maximum absolute atomic E-state index is 12.3. The Labute approximate surface area is 124 Å². The van der Waals surface area contributed by atoms with Crippen molar-refractivity contribution in [3.05, 3.63) is 39.9 Å². The molecule has 0 unspecified atom stereocenters. The van der Waals surface area contributed by atoms with Crippen LogP contribution in [0.25, 0.3) is 20.7 Å². The second-order valence-electron chi connectivity index (χ2n) is 4.80. The minimum atomic E-state index is -0.0987. The highest BCUT2D eigenvalue weighted by molar-refractivity contribution is 7.22. The topological polar surface area (TPSA) is 59.9 Å². The van der Waals surface area contributed by atoms with Crippen LogP contribution in [0, 0.1) is 11.8 Å². The van der Waals surface area contributed by atoms with Gasteiger partial charge < -0.3 is 9.72 Å². The molecule has 0 radical (unpaired) electrons. The van der Waals surface area contributed by atoms with Crippen molar-refractivity contribution in [1.82, 2.24) is 14.8 Å². The van der Waals surface area contributed by atoms with Gasteiger partial charge in [-0.2, -0.15) is 5.10 Å². The van der Waals surface area contributed by atoms with Crippen molar-refractivity contribution in [3.8, 4) is 22.4 Å². The van der Waals surface area contributed by atoms with Crippen LogP contribution in [-0.2, 0) is 18.4 Å². The average molecular weight is 297 g/mol. The molecule has 0 saturated heterocycles. The lowest BCUT2D eigenvalue weighted by Gasteiger charge is -2.03. The van der Waals surface area contributed by atoms with Gasteiger partial charge in [-0.1, -0.05) is 5.92 Å². The summed E-state index contributed by atoms with van der Waals surface area (Å²) >= 11 is 1.47. The van der Waals surface area contributed by atoms with Crippen molar-refractivity contribution in [2.24, 2.45) is 7.05 Å². The Morgan fingerprint density at radius 1 is 1.52 bits per heavy atom. The molecule has 4 heterocycles. The van der Waals surface area contributed by atoms with Crippen LogP contribution in [0.2, 0.25) is 0 Å². The normalized spacial score (nSPS) is 13.6. The molecule has 3 aromatic heterocycles. The maximum Gasteiger partial charge on any atom is 0.266 e. The first-order chi connectivity index (χ1) is 10.2. The molecule has 0 spiro atoms. The third-order valence-corrected chi connectivity index (χ3v) is 4.67. The monoisotopic (exact) mass is 297 g/mol. The Morgan fingerprint density at radius 2 is 2.43 bits per heavy atom. The van der Waals surface area contributed by atoms with E-state index in [9.17, 15) is 4.79 Å². The van der Waals surface area contributed by atoms with E-state index in [1.165, 1.54) is 11.3 Å². The van der Waals surface area contributed by atoms with Gasteiger partial charge in [0.1, 0.15) is 11.3 Å². The van der Waals surface area contributed by atoms with Gasteiger partial charge in [-0.25, -0.2) is 0 Å². The zero-order valence-electron chi connectivity index (χ0n) is 11.3. The van der Waals surface area contributed by atoms with Gasteiger partial charge in [0.25, 0.3) is 5.56 Å². The molecule has 0 atom stereocenters. The molecule has 1 aliphatic heterocycles. The molecule has 4 rings (SSSR count). The van der Waals surface area contributed by atoms with Gasteiger partial charge in [-0.15, -0.1) is 11.3 Å².